The summed E-state index contributed by atoms with van der Waals surface area (Å²) in [5.41, 5.74) is 6.38. The average molecular weight is 502 g/mol. The number of likely N-dealkylation sites (tertiary alicyclic amines) is 1. The minimum Gasteiger partial charge on any atom is -0.370 e. The van der Waals surface area contributed by atoms with E-state index >= 15 is 0 Å². The Kier molecular flexibility index (Phi) is 10.8. The number of carbonyl (C=O) groups is 2. The van der Waals surface area contributed by atoms with Crippen LogP contribution in [0.1, 0.15) is 38.2 Å². The third kappa shape index (κ3) is 8.41. The second-order valence-electron chi connectivity index (χ2n) is 6.88. The molecule has 0 saturated carbocycles. The number of aromatic nitrogens is 1. The number of piperidine rings is 1. The van der Waals surface area contributed by atoms with Crippen LogP contribution in [0.2, 0.25) is 0 Å². The fourth-order valence-electron chi connectivity index (χ4n) is 3.14. The number of nitrogens with one attached hydrogen (secondary N) is 2. The summed E-state index contributed by atoms with van der Waals surface area (Å²) in [6.45, 7) is 6.74. The van der Waals surface area contributed by atoms with Gasteiger partial charge in [-0.3, -0.25) is 14.6 Å². The lowest BCUT2D eigenvalue weighted by Crippen LogP contribution is -2.47. The van der Waals surface area contributed by atoms with Crippen molar-refractivity contribution in [3.8, 4) is 0 Å². The van der Waals surface area contributed by atoms with E-state index in [9.17, 15) is 9.59 Å². The summed E-state index contributed by atoms with van der Waals surface area (Å²) in [6, 6.07) is 3.69. The van der Waals surface area contributed by atoms with Crippen LogP contribution in [0, 0.1) is 12.8 Å². The van der Waals surface area contributed by atoms with E-state index in [1.165, 1.54) is 0 Å². The average Bonchev–Trinajstić information content (AvgIpc) is 2.62. The molecule has 0 spiro atoms. The van der Waals surface area contributed by atoms with Crippen molar-refractivity contribution in [3.05, 3.63) is 23.9 Å². The van der Waals surface area contributed by atoms with E-state index in [4.69, 9.17) is 5.73 Å². The molecule has 0 bridgehead atoms. The molecule has 0 aliphatic carbocycles. The number of amides is 2. The number of guanidine groups is 1. The van der Waals surface area contributed by atoms with Crippen LogP contribution >= 0.6 is 24.0 Å². The SMILES string of the molecule is CCNC(=NCCC(=O)Nc1ccc(C)cn1)N1CCCC(CC(N)=O)C1.I. The predicted molar refractivity (Wildman–Crippen MR) is 122 cm³/mol. The first-order valence-electron chi connectivity index (χ1n) is 9.52. The minimum absolute atomic E-state index is 0. The molecule has 1 saturated heterocycles. The number of nitrogens with two attached hydrogens (primary N) is 1. The quantitative estimate of drug-likeness (QED) is 0.300. The van der Waals surface area contributed by atoms with E-state index in [-0.39, 0.29) is 48.1 Å². The first kappa shape index (κ1) is 24.1. The highest BCUT2D eigenvalue weighted by molar-refractivity contribution is 14.0. The second-order valence-corrected chi connectivity index (χ2v) is 6.88. The normalized spacial score (nSPS) is 16.9. The Labute approximate surface area is 183 Å². The van der Waals surface area contributed by atoms with Crippen LogP contribution in [-0.4, -0.2) is 53.8 Å². The molecule has 2 heterocycles. The highest BCUT2D eigenvalue weighted by atomic mass is 127. The van der Waals surface area contributed by atoms with Crippen LogP contribution < -0.4 is 16.4 Å². The summed E-state index contributed by atoms with van der Waals surface area (Å²) in [4.78, 5) is 34.2. The monoisotopic (exact) mass is 502 g/mol. The number of aryl methyl sites for hydroxylation is 1. The number of pyridine rings is 1. The van der Waals surface area contributed by atoms with Gasteiger partial charge in [0.15, 0.2) is 5.96 Å². The van der Waals surface area contributed by atoms with Crippen molar-refractivity contribution in [2.75, 3.05) is 31.5 Å². The first-order valence-corrected chi connectivity index (χ1v) is 9.52. The Bertz CT molecular complexity index is 665. The molecule has 1 aromatic heterocycles. The van der Waals surface area contributed by atoms with Gasteiger partial charge < -0.3 is 21.3 Å². The number of aliphatic imine (C=N–C) groups is 1. The van der Waals surface area contributed by atoms with Gasteiger partial charge in [-0.2, -0.15) is 0 Å². The summed E-state index contributed by atoms with van der Waals surface area (Å²) in [5.74, 6) is 1.22. The molecule has 28 heavy (non-hydrogen) atoms. The van der Waals surface area contributed by atoms with Gasteiger partial charge in [0, 0.05) is 38.7 Å². The lowest BCUT2D eigenvalue weighted by Gasteiger charge is -2.34. The number of halogens is 1. The van der Waals surface area contributed by atoms with Gasteiger partial charge in [0.2, 0.25) is 11.8 Å². The number of hydrogen-bond acceptors (Lipinski definition) is 4. The molecule has 4 N–H and O–H groups in total. The van der Waals surface area contributed by atoms with E-state index in [0.29, 0.717) is 18.8 Å². The van der Waals surface area contributed by atoms with Gasteiger partial charge in [-0.25, -0.2) is 4.98 Å². The van der Waals surface area contributed by atoms with Crippen LogP contribution in [0.3, 0.4) is 0 Å². The Hall–Kier alpha value is -1.91. The highest BCUT2D eigenvalue weighted by Crippen LogP contribution is 2.19. The van der Waals surface area contributed by atoms with Crippen LogP contribution in [0.4, 0.5) is 5.82 Å². The summed E-state index contributed by atoms with van der Waals surface area (Å²) in [5, 5.41) is 6.05. The third-order valence-electron chi connectivity index (χ3n) is 4.42. The van der Waals surface area contributed by atoms with E-state index in [1.807, 2.05) is 19.9 Å². The summed E-state index contributed by atoms with van der Waals surface area (Å²) in [6.07, 6.45) is 4.41. The van der Waals surface area contributed by atoms with Crippen LogP contribution in [-0.2, 0) is 9.59 Å². The Balaban J connectivity index is 0.00000392. The van der Waals surface area contributed by atoms with Gasteiger partial charge in [0.25, 0.3) is 0 Å². The fourth-order valence-corrected chi connectivity index (χ4v) is 3.14. The topological polar surface area (TPSA) is 113 Å². The minimum atomic E-state index is -0.259. The molecule has 0 aromatic carbocycles. The number of hydrogen-bond donors (Lipinski definition) is 3. The van der Waals surface area contributed by atoms with E-state index in [0.717, 1.165) is 44.0 Å². The molecule has 8 nitrogen and oxygen atoms in total. The summed E-state index contributed by atoms with van der Waals surface area (Å²) >= 11 is 0. The Morgan fingerprint density at radius 2 is 2.18 bits per heavy atom. The largest absolute Gasteiger partial charge is 0.370 e. The number of rotatable bonds is 7. The summed E-state index contributed by atoms with van der Waals surface area (Å²) < 4.78 is 0. The van der Waals surface area contributed by atoms with E-state index < -0.39 is 0 Å². The van der Waals surface area contributed by atoms with Gasteiger partial charge in [0.1, 0.15) is 5.82 Å². The van der Waals surface area contributed by atoms with Crippen LogP contribution in [0.25, 0.3) is 0 Å². The molecule has 1 aliphatic heterocycles. The molecule has 0 radical (unpaired) electrons. The van der Waals surface area contributed by atoms with Crippen molar-refractivity contribution in [1.29, 1.82) is 0 Å². The molecule has 1 atom stereocenters. The molecular formula is C19H31IN6O2. The first-order chi connectivity index (χ1) is 13.0. The van der Waals surface area contributed by atoms with E-state index in [1.54, 1.807) is 12.3 Å². The zero-order valence-corrected chi connectivity index (χ0v) is 18.9. The maximum atomic E-state index is 12.1. The van der Waals surface area contributed by atoms with Gasteiger partial charge in [0.05, 0.1) is 6.54 Å². The van der Waals surface area contributed by atoms with Crippen LogP contribution in [0.5, 0.6) is 0 Å². The zero-order chi connectivity index (χ0) is 19.6. The number of nitrogens with zero attached hydrogens (tertiary/aromatic N) is 3. The summed E-state index contributed by atoms with van der Waals surface area (Å²) in [7, 11) is 0. The van der Waals surface area contributed by atoms with Crippen molar-refractivity contribution in [2.24, 2.45) is 16.6 Å². The van der Waals surface area contributed by atoms with Crippen LogP contribution in [0.15, 0.2) is 23.3 Å². The molecule has 1 unspecified atom stereocenters. The lowest BCUT2D eigenvalue weighted by molar-refractivity contribution is -0.119. The van der Waals surface area contributed by atoms with Gasteiger partial charge in [-0.1, -0.05) is 6.07 Å². The van der Waals surface area contributed by atoms with E-state index in [2.05, 4.69) is 25.5 Å². The fraction of sp³-hybridized carbons (Fsp3) is 0.579. The third-order valence-corrected chi connectivity index (χ3v) is 4.42. The zero-order valence-electron chi connectivity index (χ0n) is 16.6. The molecule has 1 fully saturated rings. The standard InChI is InChI=1S/C19H30N6O2.HI/c1-3-21-19(25-10-4-5-15(13-25)11-16(20)26)22-9-8-18(27)24-17-7-6-14(2)12-23-17;/h6-7,12,15H,3-5,8-11,13H2,1-2H3,(H2,20,26)(H,21,22)(H,23,24,27);1H. The number of anilines is 1. The molecule has 1 aliphatic rings. The van der Waals surface area contributed by atoms with Gasteiger partial charge in [-0.15, -0.1) is 24.0 Å². The second kappa shape index (κ2) is 12.5. The molecule has 156 valence electrons. The van der Waals surface area contributed by atoms with Gasteiger partial charge in [-0.05, 0) is 44.2 Å². The smallest absolute Gasteiger partial charge is 0.227 e. The molecule has 9 heteroatoms. The molecule has 1 aromatic rings. The maximum absolute atomic E-state index is 12.1. The van der Waals surface area contributed by atoms with Crippen molar-refractivity contribution in [2.45, 2.75) is 39.5 Å². The number of primary amides is 1. The molecule has 2 amide bonds. The Morgan fingerprint density at radius 3 is 2.82 bits per heavy atom. The van der Waals surface area contributed by atoms with Crippen molar-refractivity contribution >= 4 is 47.6 Å². The van der Waals surface area contributed by atoms with Crippen molar-refractivity contribution in [1.82, 2.24) is 15.2 Å². The number of carbonyl (C=O) groups excluding carboxylic acids is 2. The highest BCUT2D eigenvalue weighted by Gasteiger charge is 2.23. The lowest BCUT2D eigenvalue weighted by atomic mass is 9.95. The maximum Gasteiger partial charge on any atom is 0.227 e. The Morgan fingerprint density at radius 1 is 1.39 bits per heavy atom. The van der Waals surface area contributed by atoms with Gasteiger partial charge >= 0.3 is 0 Å². The van der Waals surface area contributed by atoms with Crippen molar-refractivity contribution in [3.63, 3.8) is 0 Å². The van der Waals surface area contributed by atoms with Crippen molar-refractivity contribution < 1.29 is 9.59 Å². The molecular weight excluding hydrogens is 471 g/mol. The molecule has 2 rings (SSSR count). The predicted octanol–water partition coefficient (Wildman–Crippen LogP) is 1.89.